The number of imide groups is 1. The molecule has 176 valence electrons. The van der Waals surface area contributed by atoms with Crippen molar-refractivity contribution >= 4 is 29.5 Å². The molecule has 2 aromatic carbocycles. The summed E-state index contributed by atoms with van der Waals surface area (Å²) in [5.74, 6) is -1.75. The van der Waals surface area contributed by atoms with Crippen molar-refractivity contribution in [2.75, 3.05) is 0 Å². The summed E-state index contributed by atoms with van der Waals surface area (Å²) in [4.78, 5) is 61.4. The minimum Gasteiger partial charge on any atom is -0.348 e. The Morgan fingerprint density at radius 1 is 1.06 bits per heavy atom. The monoisotopic (exact) mass is 464 g/mol. The Morgan fingerprint density at radius 2 is 1.79 bits per heavy atom. The Kier molecular flexibility index (Phi) is 6.69. The molecule has 2 aromatic rings. The summed E-state index contributed by atoms with van der Waals surface area (Å²) in [6.45, 7) is 0.537. The molecule has 4 rings (SSSR count). The van der Waals surface area contributed by atoms with Gasteiger partial charge in [-0.25, -0.2) is 5.48 Å². The molecule has 5 amide bonds. The number of carbonyl (C=O) groups is 5. The highest BCUT2D eigenvalue weighted by molar-refractivity contribution is 6.05. The molecule has 10 nitrogen and oxygen atoms in total. The number of aryl methyl sites for hydroxylation is 1. The second-order valence-electron chi connectivity index (χ2n) is 8.31. The molecule has 0 bridgehead atoms. The first-order chi connectivity index (χ1) is 16.4. The van der Waals surface area contributed by atoms with Crippen LogP contribution in [0.2, 0.25) is 0 Å². The van der Waals surface area contributed by atoms with Crippen LogP contribution < -0.4 is 16.1 Å². The standard InChI is InChI=1S/C24H24N4O6/c29-20-10-8-19(23(32)26-20)28-13-17-11-15(3-7-18(17)24(28)33)12-25-22(31)16-5-1-14(2-6-16)4-9-21(30)27-34/h1-3,5-7,11,19,34H,4,8-10,12-13H2,(H,25,31)(H,27,30)(H,26,29,32). The summed E-state index contributed by atoms with van der Waals surface area (Å²) < 4.78 is 0. The summed E-state index contributed by atoms with van der Waals surface area (Å²) >= 11 is 0. The Bertz CT molecular complexity index is 1160. The van der Waals surface area contributed by atoms with Gasteiger partial charge in [0.05, 0.1) is 0 Å². The lowest BCUT2D eigenvalue weighted by molar-refractivity contribution is -0.137. The van der Waals surface area contributed by atoms with E-state index in [2.05, 4.69) is 10.6 Å². The van der Waals surface area contributed by atoms with Gasteiger partial charge < -0.3 is 10.2 Å². The number of rotatable bonds is 7. The third kappa shape index (κ3) is 4.96. The van der Waals surface area contributed by atoms with E-state index in [4.69, 9.17) is 5.21 Å². The van der Waals surface area contributed by atoms with Gasteiger partial charge in [0.25, 0.3) is 11.8 Å². The van der Waals surface area contributed by atoms with Crippen LogP contribution in [0.25, 0.3) is 0 Å². The van der Waals surface area contributed by atoms with Crippen molar-refractivity contribution in [3.8, 4) is 0 Å². The largest absolute Gasteiger partial charge is 0.348 e. The lowest BCUT2D eigenvalue weighted by Crippen LogP contribution is -2.52. The number of benzene rings is 2. The molecule has 2 heterocycles. The van der Waals surface area contributed by atoms with Crippen LogP contribution in [0.1, 0.15) is 56.7 Å². The Balaban J connectivity index is 1.34. The first kappa shape index (κ1) is 23.1. The first-order valence-corrected chi connectivity index (χ1v) is 10.9. The van der Waals surface area contributed by atoms with E-state index in [1.807, 2.05) is 6.07 Å². The van der Waals surface area contributed by atoms with Crippen molar-refractivity contribution in [3.05, 3.63) is 70.3 Å². The van der Waals surface area contributed by atoms with Crippen LogP contribution in [-0.4, -0.2) is 45.7 Å². The topological polar surface area (TPSA) is 145 Å². The van der Waals surface area contributed by atoms with E-state index in [9.17, 15) is 24.0 Å². The predicted octanol–water partition coefficient (Wildman–Crippen LogP) is 0.816. The lowest BCUT2D eigenvalue weighted by atomic mass is 10.0. The van der Waals surface area contributed by atoms with Crippen LogP contribution in [0, 0.1) is 0 Å². The zero-order valence-corrected chi connectivity index (χ0v) is 18.3. The SMILES string of the molecule is O=C(CCc1ccc(C(=O)NCc2ccc3c(c2)CN(C2CCC(=O)NC2=O)C3=O)cc1)NO. The van der Waals surface area contributed by atoms with Crippen LogP contribution >= 0.6 is 0 Å². The second-order valence-corrected chi connectivity index (χ2v) is 8.31. The molecule has 10 heteroatoms. The second kappa shape index (κ2) is 9.84. The number of fused-ring (bicyclic) bond motifs is 1. The van der Waals surface area contributed by atoms with Gasteiger partial charge in [-0.3, -0.25) is 34.5 Å². The van der Waals surface area contributed by atoms with Gasteiger partial charge >= 0.3 is 0 Å². The van der Waals surface area contributed by atoms with Crippen LogP contribution in [0.15, 0.2) is 42.5 Å². The van der Waals surface area contributed by atoms with E-state index in [0.717, 1.165) is 16.7 Å². The highest BCUT2D eigenvalue weighted by Crippen LogP contribution is 2.28. The summed E-state index contributed by atoms with van der Waals surface area (Å²) in [5, 5.41) is 13.7. The predicted molar refractivity (Wildman–Crippen MR) is 118 cm³/mol. The summed E-state index contributed by atoms with van der Waals surface area (Å²) in [6, 6.07) is 11.5. The molecular weight excluding hydrogens is 440 g/mol. The van der Waals surface area contributed by atoms with E-state index < -0.39 is 17.9 Å². The van der Waals surface area contributed by atoms with Gasteiger partial charge in [0, 0.05) is 37.1 Å². The van der Waals surface area contributed by atoms with Gasteiger partial charge in [0.1, 0.15) is 6.04 Å². The van der Waals surface area contributed by atoms with Gasteiger partial charge in [-0.15, -0.1) is 0 Å². The van der Waals surface area contributed by atoms with Gasteiger partial charge in [0.2, 0.25) is 17.7 Å². The molecule has 34 heavy (non-hydrogen) atoms. The maximum atomic E-state index is 12.8. The molecule has 0 saturated carbocycles. The number of piperidine rings is 1. The van der Waals surface area contributed by atoms with Crippen molar-refractivity contribution < 1.29 is 29.2 Å². The lowest BCUT2D eigenvalue weighted by Gasteiger charge is -2.29. The fourth-order valence-corrected chi connectivity index (χ4v) is 4.16. The van der Waals surface area contributed by atoms with Crippen LogP contribution in [0.5, 0.6) is 0 Å². The first-order valence-electron chi connectivity index (χ1n) is 10.9. The molecule has 1 unspecified atom stereocenters. The van der Waals surface area contributed by atoms with E-state index in [1.54, 1.807) is 41.9 Å². The molecule has 0 spiro atoms. The maximum absolute atomic E-state index is 12.8. The smallest absolute Gasteiger partial charge is 0.255 e. The van der Waals surface area contributed by atoms with Crippen molar-refractivity contribution in [1.29, 1.82) is 0 Å². The number of nitrogens with zero attached hydrogens (tertiary/aromatic N) is 1. The fraction of sp³-hybridized carbons (Fsp3) is 0.292. The minimum atomic E-state index is -0.665. The molecule has 1 saturated heterocycles. The van der Waals surface area contributed by atoms with Gasteiger partial charge in [0.15, 0.2) is 0 Å². The van der Waals surface area contributed by atoms with Gasteiger partial charge in [-0.1, -0.05) is 24.3 Å². The normalized spacial score (nSPS) is 17.3. The van der Waals surface area contributed by atoms with Crippen LogP contribution in [0.3, 0.4) is 0 Å². The Hall–Kier alpha value is -4.05. The van der Waals surface area contributed by atoms with E-state index in [0.29, 0.717) is 24.0 Å². The molecular formula is C24H24N4O6. The molecule has 2 aliphatic heterocycles. The van der Waals surface area contributed by atoms with Crippen molar-refractivity contribution in [2.45, 2.75) is 44.8 Å². The number of amides is 5. The third-order valence-electron chi connectivity index (χ3n) is 6.02. The Labute approximate surface area is 195 Å². The zero-order chi connectivity index (χ0) is 24.2. The zero-order valence-electron chi connectivity index (χ0n) is 18.3. The highest BCUT2D eigenvalue weighted by Gasteiger charge is 2.39. The average molecular weight is 464 g/mol. The van der Waals surface area contributed by atoms with Crippen molar-refractivity contribution in [1.82, 2.24) is 21.0 Å². The molecule has 0 radical (unpaired) electrons. The minimum absolute atomic E-state index is 0.143. The van der Waals surface area contributed by atoms with Gasteiger partial charge in [-0.2, -0.15) is 0 Å². The molecule has 4 N–H and O–H groups in total. The highest BCUT2D eigenvalue weighted by atomic mass is 16.5. The van der Waals surface area contributed by atoms with E-state index in [1.165, 1.54) is 4.90 Å². The third-order valence-corrected chi connectivity index (χ3v) is 6.02. The van der Waals surface area contributed by atoms with Crippen LogP contribution in [0.4, 0.5) is 0 Å². The summed E-state index contributed by atoms with van der Waals surface area (Å²) in [7, 11) is 0. The Morgan fingerprint density at radius 3 is 2.50 bits per heavy atom. The summed E-state index contributed by atoms with van der Waals surface area (Å²) in [5.41, 5.74) is 5.03. The molecule has 1 atom stereocenters. The van der Waals surface area contributed by atoms with Gasteiger partial charge in [-0.05, 0) is 47.7 Å². The van der Waals surface area contributed by atoms with Crippen molar-refractivity contribution in [2.24, 2.45) is 0 Å². The summed E-state index contributed by atoms with van der Waals surface area (Å²) in [6.07, 6.45) is 1.09. The molecule has 1 fully saturated rings. The number of hydrogen-bond donors (Lipinski definition) is 4. The average Bonchev–Trinajstić information content (AvgIpc) is 3.16. The maximum Gasteiger partial charge on any atom is 0.255 e. The molecule has 2 aliphatic rings. The number of nitrogens with one attached hydrogen (secondary N) is 3. The molecule has 0 aliphatic carbocycles. The van der Waals surface area contributed by atoms with E-state index in [-0.39, 0.29) is 43.7 Å². The number of carbonyl (C=O) groups excluding carboxylic acids is 5. The molecule has 0 aromatic heterocycles. The number of hydrogen-bond acceptors (Lipinski definition) is 6. The fourth-order valence-electron chi connectivity index (χ4n) is 4.16. The van der Waals surface area contributed by atoms with Crippen molar-refractivity contribution in [3.63, 3.8) is 0 Å². The van der Waals surface area contributed by atoms with Crippen LogP contribution in [-0.2, 0) is 33.9 Å². The number of hydroxylamine groups is 1. The van der Waals surface area contributed by atoms with E-state index >= 15 is 0 Å². The quantitative estimate of drug-likeness (QED) is 0.271.